The van der Waals surface area contributed by atoms with Crippen molar-refractivity contribution in [1.82, 2.24) is 10.6 Å². The first-order valence-electron chi connectivity index (χ1n) is 6.18. The van der Waals surface area contributed by atoms with Crippen molar-refractivity contribution in [2.24, 2.45) is 5.41 Å². The molecule has 0 fully saturated rings. The molecule has 1 atom stereocenters. The first-order valence-corrected chi connectivity index (χ1v) is 6.18. The highest BCUT2D eigenvalue weighted by Gasteiger charge is 2.26. The van der Waals surface area contributed by atoms with Crippen molar-refractivity contribution in [3.05, 3.63) is 35.4 Å². The molecule has 0 saturated heterocycles. The van der Waals surface area contributed by atoms with Gasteiger partial charge in [-0.3, -0.25) is 4.79 Å². The predicted octanol–water partition coefficient (Wildman–Crippen LogP) is 2.39. The molecule has 5 heteroatoms. The smallest absolute Gasteiger partial charge is 0.226 e. The van der Waals surface area contributed by atoms with Gasteiger partial charge in [-0.15, -0.1) is 0 Å². The van der Waals surface area contributed by atoms with Crippen molar-refractivity contribution in [1.29, 1.82) is 0 Å². The molecule has 1 rings (SSSR count). The first kappa shape index (κ1) is 15.6. The Balaban J connectivity index is 2.70. The van der Waals surface area contributed by atoms with Crippen molar-refractivity contribution in [3.63, 3.8) is 0 Å². The fourth-order valence-corrected chi connectivity index (χ4v) is 1.77. The number of nitrogens with one attached hydrogen (secondary N) is 2. The maximum Gasteiger partial charge on any atom is 0.226 e. The second kappa shape index (κ2) is 6.10. The minimum Gasteiger partial charge on any atom is -0.359 e. The summed E-state index contributed by atoms with van der Waals surface area (Å²) in [5.41, 5.74) is -0.0697. The molecular weight excluding hydrogens is 250 g/mol. The zero-order valence-corrected chi connectivity index (χ0v) is 11.7. The summed E-state index contributed by atoms with van der Waals surface area (Å²) in [6, 6.07) is 3.17. The zero-order chi connectivity index (χ0) is 14.6. The van der Waals surface area contributed by atoms with Crippen LogP contribution in [0.4, 0.5) is 8.78 Å². The van der Waals surface area contributed by atoms with E-state index >= 15 is 0 Å². The minimum atomic E-state index is -0.603. The van der Waals surface area contributed by atoms with E-state index in [0.717, 1.165) is 6.07 Å². The van der Waals surface area contributed by atoms with Crippen LogP contribution in [0.3, 0.4) is 0 Å². The van der Waals surface area contributed by atoms with Crippen LogP contribution in [0.2, 0.25) is 0 Å². The standard InChI is InChI=1S/C14H20F2N2O/c1-9(10-5-11(15)7-12(16)6-10)18-8-14(2,3)13(19)17-4/h5-7,9,18H,8H2,1-4H3,(H,17,19)/t9-/m1/s1. The van der Waals surface area contributed by atoms with Crippen LogP contribution in [-0.4, -0.2) is 19.5 Å². The average molecular weight is 270 g/mol. The molecule has 0 aromatic heterocycles. The van der Waals surface area contributed by atoms with Crippen molar-refractivity contribution in [3.8, 4) is 0 Å². The van der Waals surface area contributed by atoms with Gasteiger partial charge in [0, 0.05) is 25.7 Å². The van der Waals surface area contributed by atoms with E-state index in [1.807, 2.05) is 0 Å². The van der Waals surface area contributed by atoms with Gasteiger partial charge in [0.2, 0.25) is 5.91 Å². The molecule has 0 aliphatic heterocycles. The van der Waals surface area contributed by atoms with Gasteiger partial charge in [-0.25, -0.2) is 8.78 Å². The highest BCUT2D eigenvalue weighted by atomic mass is 19.1. The molecule has 19 heavy (non-hydrogen) atoms. The molecule has 0 aliphatic rings. The SMILES string of the molecule is CNC(=O)C(C)(C)CN[C@H](C)c1cc(F)cc(F)c1. The monoisotopic (exact) mass is 270 g/mol. The Morgan fingerprint density at radius 3 is 2.26 bits per heavy atom. The number of amides is 1. The van der Waals surface area contributed by atoms with Crippen LogP contribution in [0.25, 0.3) is 0 Å². The molecule has 0 saturated carbocycles. The van der Waals surface area contributed by atoms with E-state index in [1.54, 1.807) is 27.8 Å². The molecular formula is C14H20F2N2O. The van der Waals surface area contributed by atoms with Crippen LogP contribution >= 0.6 is 0 Å². The minimum absolute atomic E-state index is 0.0855. The molecule has 0 radical (unpaired) electrons. The number of hydrogen-bond acceptors (Lipinski definition) is 2. The van der Waals surface area contributed by atoms with Crippen molar-refractivity contribution in [2.45, 2.75) is 26.8 Å². The quantitative estimate of drug-likeness (QED) is 0.862. The molecule has 1 aromatic rings. The third-order valence-corrected chi connectivity index (χ3v) is 3.08. The normalized spacial score (nSPS) is 13.2. The van der Waals surface area contributed by atoms with Gasteiger partial charge in [-0.2, -0.15) is 0 Å². The van der Waals surface area contributed by atoms with E-state index < -0.39 is 17.0 Å². The maximum atomic E-state index is 13.1. The molecule has 106 valence electrons. The van der Waals surface area contributed by atoms with Crippen LogP contribution in [0.5, 0.6) is 0 Å². The van der Waals surface area contributed by atoms with Crippen LogP contribution in [0.15, 0.2) is 18.2 Å². The Bertz CT molecular complexity index is 441. The lowest BCUT2D eigenvalue weighted by Crippen LogP contribution is -2.42. The van der Waals surface area contributed by atoms with E-state index in [4.69, 9.17) is 0 Å². The molecule has 0 heterocycles. The summed E-state index contributed by atoms with van der Waals surface area (Å²) < 4.78 is 26.2. The fourth-order valence-electron chi connectivity index (χ4n) is 1.77. The predicted molar refractivity (Wildman–Crippen MR) is 70.6 cm³/mol. The summed E-state index contributed by atoms with van der Waals surface area (Å²) >= 11 is 0. The molecule has 0 aliphatic carbocycles. The third kappa shape index (κ3) is 4.28. The summed E-state index contributed by atoms with van der Waals surface area (Å²) in [6.45, 7) is 5.82. The molecule has 0 bridgehead atoms. The van der Waals surface area contributed by atoms with Crippen LogP contribution < -0.4 is 10.6 Å². The van der Waals surface area contributed by atoms with Gasteiger partial charge in [-0.05, 0) is 38.5 Å². The highest BCUT2D eigenvalue weighted by Crippen LogP contribution is 2.19. The summed E-state index contributed by atoms with van der Waals surface area (Å²) in [4.78, 5) is 11.6. The maximum absolute atomic E-state index is 13.1. The highest BCUT2D eigenvalue weighted by molar-refractivity contribution is 5.81. The molecule has 2 N–H and O–H groups in total. The number of benzene rings is 1. The van der Waals surface area contributed by atoms with Gasteiger partial charge in [0.25, 0.3) is 0 Å². The van der Waals surface area contributed by atoms with Gasteiger partial charge >= 0.3 is 0 Å². The fraction of sp³-hybridized carbons (Fsp3) is 0.500. The van der Waals surface area contributed by atoms with E-state index in [1.165, 1.54) is 12.1 Å². The number of carbonyl (C=O) groups excluding carboxylic acids is 1. The lowest BCUT2D eigenvalue weighted by Gasteiger charge is -2.25. The Kier molecular flexibility index (Phi) is 5.00. The summed E-state index contributed by atoms with van der Waals surface area (Å²) in [6.07, 6.45) is 0. The summed E-state index contributed by atoms with van der Waals surface area (Å²) in [7, 11) is 1.58. The van der Waals surface area contributed by atoms with Gasteiger partial charge in [0.15, 0.2) is 0 Å². The molecule has 0 unspecified atom stereocenters. The molecule has 1 aromatic carbocycles. The zero-order valence-electron chi connectivity index (χ0n) is 11.7. The summed E-state index contributed by atoms with van der Waals surface area (Å²) in [5.74, 6) is -1.29. The Hall–Kier alpha value is -1.49. The number of rotatable bonds is 5. The molecule has 3 nitrogen and oxygen atoms in total. The number of carbonyl (C=O) groups is 1. The van der Waals surface area contributed by atoms with Crippen molar-refractivity contribution < 1.29 is 13.6 Å². The number of halogens is 2. The molecule has 1 amide bonds. The Morgan fingerprint density at radius 2 is 1.79 bits per heavy atom. The van der Waals surface area contributed by atoms with Crippen LogP contribution in [-0.2, 0) is 4.79 Å². The van der Waals surface area contributed by atoms with Gasteiger partial charge < -0.3 is 10.6 Å². The van der Waals surface area contributed by atoms with Gasteiger partial charge in [0.1, 0.15) is 11.6 Å². The Morgan fingerprint density at radius 1 is 1.26 bits per heavy atom. The molecule has 0 spiro atoms. The van der Waals surface area contributed by atoms with Gasteiger partial charge in [0.05, 0.1) is 5.41 Å². The Labute approximate surface area is 112 Å². The lowest BCUT2D eigenvalue weighted by molar-refractivity contribution is -0.128. The third-order valence-electron chi connectivity index (χ3n) is 3.08. The average Bonchev–Trinajstić information content (AvgIpc) is 2.33. The second-order valence-corrected chi connectivity index (χ2v) is 5.27. The van der Waals surface area contributed by atoms with Crippen molar-refractivity contribution in [2.75, 3.05) is 13.6 Å². The van der Waals surface area contributed by atoms with E-state index in [-0.39, 0.29) is 11.9 Å². The van der Waals surface area contributed by atoms with E-state index in [2.05, 4.69) is 10.6 Å². The van der Waals surface area contributed by atoms with Crippen LogP contribution in [0, 0.1) is 17.0 Å². The topological polar surface area (TPSA) is 41.1 Å². The van der Waals surface area contributed by atoms with Crippen molar-refractivity contribution >= 4 is 5.91 Å². The van der Waals surface area contributed by atoms with Gasteiger partial charge in [-0.1, -0.05) is 0 Å². The largest absolute Gasteiger partial charge is 0.359 e. The number of hydrogen-bond donors (Lipinski definition) is 2. The van der Waals surface area contributed by atoms with E-state index in [9.17, 15) is 13.6 Å². The summed E-state index contributed by atoms with van der Waals surface area (Å²) in [5, 5.41) is 5.70. The lowest BCUT2D eigenvalue weighted by atomic mass is 9.91. The van der Waals surface area contributed by atoms with E-state index in [0.29, 0.717) is 12.1 Å². The second-order valence-electron chi connectivity index (χ2n) is 5.27. The van der Waals surface area contributed by atoms with Crippen LogP contribution in [0.1, 0.15) is 32.4 Å². The first-order chi connectivity index (χ1) is 8.76.